The van der Waals surface area contributed by atoms with Crippen molar-refractivity contribution in [2.24, 2.45) is 0 Å². The minimum Gasteiger partial charge on any atom is -0.480 e. The minimum absolute atomic E-state index is 0.0500. The van der Waals surface area contributed by atoms with Crippen LogP contribution in [0, 0.1) is 11.6 Å². The number of hydrogen-bond acceptors (Lipinski definition) is 4. The van der Waals surface area contributed by atoms with Crippen molar-refractivity contribution < 1.29 is 33.1 Å². The number of likely N-dealkylation sites (tertiary alicyclic amines) is 1. The molecule has 2 aliphatic rings. The lowest BCUT2D eigenvalue weighted by Crippen LogP contribution is -2.41. The number of hydrogen-bond donors (Lipinski definition) is 2. The van der Waals surface area contributed by atoms with Crippen LogP contribution in [0.15, 0.2) is 18.2 Å². The van der Waals surface area contributed by atoms with E-state index in [4.69, 9.17) is 5.11 Å². The molecule has 0 spiro atoms. The Morgan fingerprint density at radius 1 is 1.26 bits per heavy atom. The van der Waals surface area contributed by atoms with Gasteiger partial charge in [-0.25, -0.2) is 23.3 Å². The summed E-state index contributed by atoms with van der Waals surface area (Å²) in [6.07, 6.45) is 0.767. The number of anilines is 1. The van der Waals surface area contributed by atoms with E-state index in [0.29, 0.717) is 30.4 Å². The third-order valence-corrected chi connectivity index (χ3v) is 4.67. The molecule has 8 nitrogen and oxygen atoms in total. The van der Waals surface area contributed by atoms with Gasteiger partial charge in [-0.1, -0.05) is 0 Å². The van der Waals surface area contributed by atoms with Crippen LogP contribution in [0.25, 0.3) is 0 Å². The highest BCUT2D eigenvalue weighted by atomic mass is 19.1. The number of carbonyl (C=O) groups excluding carboxylic acids is 3. The van der Waals surface area contributed by atoms with E-state index in [1.54, 1.807) is 0 Å². The molecule has 1 aromatic rings. The van der Waals surface area contributed by atoms with Crippen LogP contribution in [0.2, 0.25) is 0 Å². The van der Waals surface area contributed by atoms with Crippen molar-refractivity contribution in [2.75, 3.05) is 11.4 Å². The number of aliphatic carboxylic acids is 1. The van der Waals surface area contributed by atoms with Gasteiger partial charge in [0.15, 0.2) is 0 Å². The Morgan fingerprint density at radius 3 is 2.67 bits per heavy atom. The first-order valence-electron chi connectivity index (χ1n) is 8.41. The second-order valence-corrected chi connectivity index (χ2v) is 6.39. The highest BCUT2D eigenvalue weighted by molar-refractivity contribution is 6.21. The number of benzene rings is 1. The molecule has 0 bridgehead atoms. The number of urea groups is 1. The molecule has 2 N–H and O–H groups in total. The average Bonchev–Trinajstić information content (AvgIpc) is 3.19. The van der Waals surface area contributed by atoms with Crippen LogP contribution in [0.1, 0.15) is 25.7 Å². The second-order valence-electron chi connectivity index (χ2n) is 6.39. The van der Waals surface area contributed by atoms with Crippen molar-refractivity contribution in [2.45, 2.75) is 37.8 Å². The van der Waals surface area contributed by atoms with E-state index in [1.807, 2.05) is 0 Å². The fraction of sp³-hybridized carbons (Fsp3) is 0.412. The summed E-state index contributed by atoms with van der Waals surface area (Å²) in [5.41, 5.74) is -0.377. The number of rotatable bonds is 5. The summed E-state index contributed by atoms with van der Waals surface area (Å²) < 4.78 is 26.9. The van der Waals surface area contributed by atoms with Crippen LogP contribution in [-0.2, 0) is 14.4 Å². The molecule has 0 aliphatic carbocycles. The van der Waals surface area contributed by atoms with Crippen LogP contribution in [0.3, 0.4) is 0 Å². The van der Waals surface area contributed by atoms with E-state index in [0.717, 1.165) is 12.1 Å². The monoisotopic (exact) mass is 381 g/mol. The van der Waals surface area contributed by atoms with Crippen molar-refractivity contribution in [3.63, 3.8) is 0 Å². The zero-order valence-electron chi connectivity index (χ0n) is 14.2. The lowest BCUT2D eigenvalue weighted by atomic mass is 10.1. The maximum absolute atomic E-state index is 13.9. The Kier molecular flexibility index (Phi) is 5.06. The van der Waals surface area contributed by atoms with Gasteiger partial charge in [-0.15, -0.1) is 0 Å². The molecule has 0 radical (unpaired) electrons. The lowest BCUT2D eigenvalue weighted by Gasteiger charge is -2.21. The van der Waals surface area contributed by atoms with Crippen LogP contribution in [0.5, 0.6) is 0 Å². The number of amides is 4. The molecule has 2 fully saturated rings. The van der Waals surface area contributed by atoms with Gasteiger partial charge in [0.2, 0.25) is 5.91 Å². The van der Waals surface area contributed by atoms with Gasteiger partial charge in [-0.05, 0) is 31.4 Å². The normalized spacial score (nSPS) is 22.3. The van der Waals surface area contributed by atoms with E-state index < -0.39 is 47.5 Å². The largest absolute Gasteiger partial charge is 0.480 e. The average molecular weight is 381 g/mol. The molecule has 2 heterocycles. The number of nitrogens with one attached hydrogen (secondary N) is 1. The Hall–Kier alpha value is -3.04. The number of carboxylic acid groups (broad SMARTS) is 1. The Labute approximate surface area is 152 Å². The SMILES string of the molecule is O=C(O)C1CCCN1C(=O)CCC1NC(=O)N(c2ccc(F)cc2F)C1=O. The van der Waals surface area contributed by atoms with Crippen molar-refractivity contribution in [1.82, 2.24) is 10.2 Å². The van der Waals surface area contributed by atoms with Crippen molar-refractivity contribution in [3.05, 3.63) is 29.8 Å². The quantitative estimate of drug-likeness (QED) is 0.747. The van der Waals surface area contributed by atoms with Gasteiger partial charge in [-0.3, -0.25) is 9.59 Å². The Morgan fingerprint density at radius 2 is 2.00 bits per heavy atom. The number of nitrogens with zero attached hydrogens (tertiary/aromatic N) is 2. The van der Waals surface area contributed by atoms with E-state index in [2.05, 4.69) is 5.32 Å². The van der Waals surface area contributed by atoms with Crippen molar-refractivity contribution in [3.8, 4) is 0 Å². The molecule has 2 aliphatic heterocycles. The number of halogens is 2. The molecule has 2 saturated heterocycles. The first-order valence-corrected chi connectivity index (χ1v) is 8.41. The summed E-state index contributed by atoms with van der Waals surface area (Å²) in [6.45, 7) is 0.327. The van der Waals surface area contributed by atoms with Crippen LogP contribution >= 0.6 is 0 Å². The smallest absolute Gasteiger partial charge is 0.329 e. The zero-order valence-corrected chi connectivity index (χ0v) is 14.2. The summed E-state index contributed by atoms with van der Waals surface area (Å²) in [5.74, 6) is -4.16. The summed E-state index contributed by atoms with van der Waals surface area (Å²) in [7, 11) is 0. The molecular weight excluding hydrogens is 364 g/mol. The standard InChI is InChI=1S/C17H17F2N3O5/c18-9-3-5-12(10(19)8-9)22-15(24)11(20-17(22)27)4-6-14(23)21-7-1-2-13(21)16(25)26/h3,5,8,11,13H,1-2,4,6-7H2,(H,20,27)(H,25,26). The highest BCUT2D eigenvalue weighted by Gasteiger charge is 2.41. The third-order valence-electron chi connectivity index (χ3n) is 4.67. The first kappa shape index (κ1) is 18.7. The topological polar surface area (TPSA) is 107 Å². The lowest BCUT2D eigenvalue weighted by molar-refractivity contribution is -0.148. The molecule has 2 unspecified atom stereocenters. The molecule has 4 amide bonds. The van der Waals surface area contributed by atoms with Crippen molar-refractivity contribution >= 4 is 29.5 Å². The molecular formula is C17H17F2N3O5. The predicted molar refractivity (Wildman–Crippen MR) is 87.8 cm³/mol. The van der Waals surface area contributed by atoms with Gasteiger partial charge in [0.1, 0.15) is 23.7 Å². The van der Waals surface area contributed by atoms with Crippen LogP contribution in [-0.4, -0.2) is 52.4 Å². The van der Waals surface area contributed by atoms with E-state index in [1.165, 1.54) is 4.90 Å². The molecule has 0 aromatic heterocycles. The molecule has 144 valence electrons. The fourth-order valence-electron chi connectivity index (χ4n) is 3.35. The predicted octanol–water partition coefficient (Wildman–Crippen LogP) is 1.25. The fourth-order valence-corrected chi connectivity index (χ4v) is 3.35. The summed E-state index contributed by atoms with van der Waals surface area (Å²) in [5, 5.41) is 11.5. The molecule has 1 aromatic carbocycles. The van der Waals surface area contributed by atoms with E-state index >= 15 is 0 Å². The number of carbonyl (C=O) groups is 4. The number of carboxylic acids is 1. The van der Waals surface area contributed by atoms with Gasteiger partial charge < -0.3 is 15.3 Å². The van der Waals surface area contributed by atoms with E-state index in [9.17, 15) is 28.0 Å². The molecule has 0 saturated carbocycles. The summed E-state index contributed by atoms with van der Waals surface area (Å²) >= 11 is 0. The maximum atomic E-state index is 13.9. The molecule has 2 atom stereocenters. The Balaban J connectivity index is 1.65. The van der Waals surface area contributed by atoms with Gasteiger partial charge in [0.05, 0.1) is 5.69 Å². The molecule has 3 rings (SSSR count). The maximum Gasteiger partial charge on any atom is 0.329 e. The van der Waals surface area contributed by atoms with Crippen LogP contribution in [0.4, 0.5) is 19.3 Å². The second kappa shape index (κ2) is 7.29. The zero-order chi connectivity index (χ0) is 19.7. The first-order chi connectivity index (χ1) is 12.8. The Bertz CT molecular complexity index is 816. The van der Waals surface area contributed by atoms with Gasteiger partial charge in [0, 0.05) is 19.0 Å². The highest BCUT2D eigenvalue weighted by Crippen LogP contribution is 2.25. The molecule has 27 heavy (non-hydrogen) atoms. The van der Waals surface area contributed by atoms with Gasteiger partial charge >= 0.3 is 12.0 Å². The van der Waals surface area contributed by atoms with Crippen LogP contribution < -0.4 is 10.2 Å². The van der Waals surface area contributed by atoms with Gasteiger partial charge in [0.25, 0.3) is 5.91 Å². The summed E-state index contributed by atoms with van der Waals surface area (Å²) in [6, 6.07) is -0.320. The summed E-state index contributed by atoms with van der Waals surface area (Å²) in [4.78, 5) is 49.7. The van der Waals surface area contributed by atoms with Gasteiger partial charge in [-0.2, -0.15) is 0 Å². The number of imide groups is 1. The van der Waals surface area contributed by atoms with Crippen molar-refractivity contribution in [1.29, 1.82) is 0 Å². The third kappa shape index (κ3) is 3.60. The molecule has 10 heteroatoms. The minimum atomic E-state index is -1.08. The van der Waals surface area contributed by atoms with E-state index in [-0.39, 0.29) is 18.5 Å².